The molecule has 1 aromatic rings. The minimum atomic E-state index is -4.40. The summed E-state index contributed by atoms with van der Waals surface area (Å²) >= 11 is 0. The summed E-state index contributed by atoms with van der Waals surface area (Å²) in [5.74, 6) is 5.65. The minimum Gasteiger partial charge on any atom is -0.381 e. The quantitative estimate of drug-likeness (QED) is 0.421. The Kier molecular flexibility index (Phi) is 16.7. The van der Waals surface area contributed by atoms with Crippen LogP contribution in [-0.4, -0.2) is 52.2 Å². The average molecular weight is 488 g/mol. The predicted molar refractivity (Wildman–Crippen MR) is 134 cm³/mol. The lowest BCUT2D eigenvalue weighted by molar-refractivity contribution is -0.137. The van der Waals surface area contributed by atoms with Crippen LogP contribution in [0.25, 0.3) is 0 Å². The van der Waals surface area contributed by atoms with Gasteiger partial charge in [0.1, 0.15) is 6.61 Å². The summed E-state index contributed by atoms with van der Waals surface area (Å²) in [7, 11) is 3.23. The summed E-state index contributed by atoms with van der Waals surface area (Å²) in [5, 5.41) is 0. The molecule has 196 valence electrons. The monoisotopic (exact) mass is 487 g/mol. The third-order valence-electron chi connectivity index (χ3n) is 5.30. The Morgan fingerprint density at radius 3 is 2.00 bits per heavy atom. The van der Waals surface area contributed by atoms with E-state index in [1.54, 1.807) is 12.0 Å². The molecule has 4 nitrogen and oxygen atoms in total. The Morgan fingerprint density at radius 2 is 1.50 bits per heavy atom. The summed E-state index contributed by atoms with van der Waals surface area (Å²) in [6.07, 6.45) is -0.585. The fourth-order valence-corrected chi connectivity index (χ4v) is 3.65. The smallest absolute Gasteiger partial charge is 0.381 e. The van der Waals surface area contributed by atoms with E-state index in [4.69, 9.17) is 14.2 Å². The number of methoxy groups -OCH3 is 2. The lowest BCUT2D eigenvalue weighted by atomic mass is 9.91. The van der Waals surface area contributed by atoms with Gasteiger partial charge in [-0.05, 0) is 43.9 Å². The van der Waals surface area contributed by atoms with Crippen LogP contribution in [0, 0.1) is 11.8 Å². The number of benzene rings is 1. The van der Waals surface area contributed by atoms with Crippen LogP contribution in [0.2, 0.25) is 0 Å². The van der Waals surface area contributed by atoms with Crippen molar-refractivity contribution in [2.24, 2.45) is 0 Å². The molecule has 34 heavy (non-hydrogen) atoms. The van der Waals surface area contributed by atoms with Crippen molar-refractivity contribution < 1.29 is 27.4 Å². The van der Waals surface area contributed by atoms with E-state index in [1.165, 1.54) is 19.2 Å². The molecule has 1 aliphatic heterocycles. The maximum absolute atomic E-state index is 13.5. The average Bonchev–Trinajstić information content (AvgIpc) is 2.85. The van der Waals surface area contributed by atoms with Crippen molar-refractivity contribution in [1.82, 2.24) is 0 Å². The first-order chi connectivity index (χ1) is 16.4. The first-order valence-electron chi connectivity index (χ1n) is 12.5. The van der Waals surface area contributed by atoms with E-state index in [2.05, 4.69) is 11.8 Å². The summed E-state index contributed by atoms with van der Waals surface area (Å²) in [6.45, 7) is 13.3. The molecule has 0 bridgehead atoms. The van der Waals surface area contributed by atoms with E-state index in [0.29, 0.717) is 31.5 Å². The van der Waals surface area contributed by atoms with Gasteiger partial charge in [-0.3, -0.25) is 0 Å². The summed E-state index contributed by atoms with van der Waals surface area (Å²) in [4.78, 5) is 1.79. The van der Waals surface area contributed by atoms with Gasteiger partial charge in [0.2, 0.25) is 0 Å². The topological polar surface area (TPSA) is 30.9 Å². The van der Waals surface area contributed by atoms with Crippen LogP contribution in [0.3, 0.4) is 0 Å². The Labute approximate surface area is 205 Å². The number of rotatable bonds is 5. The minimum absolute atomic E-state index is 0.0954. The Hall–Kier alpha value is -1.75. The molecule has 1 heterocycles. The fourth-order valence-electron chi connectivity index (χ4n) is 3.65. The van der Waals surface area contributed by atoms with Crippen LogP contribution in [0.4, 0.5) is 18.9 Å². The van der Waals surface area contributed by atoms with Gasteiger partial charge in [-0.25, -0.2) is 0 Å². The number of ether oxygens (including phenoxy) is 3. The number of anilines is 1. The lowest BCUT2D eigenvalue weighted by Crippen LogP contribution is -2.43. The van der Waals surface area contributed by atoms with Gasteiger partial charge in [-0.15, -0.1) is 0 Å². The summed E-state index contributed by atoms with van der Waals surface area (Å²) in [6, 6.07) is 4.06. The van der Waals surface area contributed by atoms with Crippen molar-refractivity contribution in [1.29, 1.82) is 0 Å². The summed E-state index contributed by atoms with van der Waals surface area (Å²) < 4.78 is 56.7. The van der Waals surface area contributed by atoms with E-state index in [1.807, 2.05) is 41.5 Å². The lowest BCUT2D eigenvalue weighted by Gasteiger charge is -2.40. The number of alkyl halides is 3. The molecule has 0 N–H and O–H groups in total. The zero-order valence-corrected chi connectivity index (χ0v) is 22.2. The first kappa shape index (κ1) is 32.2. The fraction of sp³-hybridized carbons (Fsp3) is 0.704. The molecule has 0 aromatic heterocycles. The SMILES string of the molecule is CC.CC.CC.COCC#Cc1ccc(C(F)(F)F)c(N2CCC(OC3CC(OC)C3)CC2)c1. The van der Waals surface area contributed by atoms with Gasteiger partial charge in [0.05, 0.1) is 29.6 Å². The number of hydrogen-bond acceptors (Lipinski definition) is 4. The van der Waals surface area contributed by atoms with Crippen molar-refractivity contribution >= 4 is 5.69 Å². The highest BCUT2D eigenvalue weighted by molar-refractivity contribution is 5.59. The molecular weight excluding hydrogens is 443 g/mol. The second kappa shape index (κ2) is 17.7. The molecule has 0 atom stereocenters. The molecule has 2 aliphatic rings. The van der Waals surface area contributed by atoms with Crippen molar-refractivity contribution in [3.8, 4) is 11.8 Å². The standard InChI is InChI=1S/C21H26F3NO3.3C2H6/c1-26-11-3-4-15-5-6-19(21(22,23)24)20(12-15)25-9-7-16(8-10-25)28-18-13-17(14-18)27-2;3*1-2/h5-6,12,16-18H,7-11,13-14H2,1-2H3;3*1-2H3. The van der Waals surface area contributed by atoms with Crippen LogP contribution in [0.5, 0.6) is 0 Å². The van der Waals surface area contributed by atoms with Crippen LogP contribution in [0.1, 0.15) is 78.4 Å². The Bertz CT molecular complexity index is 714. The van der Waals surface area contributed by atoms with Crippen molar-refractivity contribution in [3.05, 3.63) is 29.3 Å². The van der Waals surface area contributed by atoms with Gasteiger partial charge in [0.15, 0.2) is 0 Å². The zero-order chi connectivity index (χ0) is 26.1. The molecule has 2 fully saturated rings. The van der Waals surface area contributed by atoms with Gasteiger partial charge < -0.3 is 19.1 Å². The Balaban J connectivity index is 0.00000168. The highest BCUT2D eigenvalue weighted by Gasteiger charge is 2.37. The normalized spacial score (nSPS) is 19.6. The maximum atomic E-state index is 13.5. The third kappa shape index (κ3) is 10.2. The third-order valence-corrected chi connectivity index (χ3v) is 5.30. The van der Waals surface area contributed by atoms with E-state index in [-0.39, 0.29) is 30.6 Å². The Morgan fingerprint density at radius 1 is 0.912 bits per heavy atom. The van der Waals surface area contributed by atoms with Crippen LogP contribution >= 0.6 is 0 Å². The van der Waals surface area contributed by atoms with E-state index < -0.39 is 11.7 Å². The van der Waals surface area contributed by atoms with Crippen LogP contribution < -0.4 is 4.90 Å². The van der Waals surface area contributed by atoms with Gasteiger partial charge in [-0.1, -0.05) is 53.4 Å². The second-order valence-electron chi connectivity index (χ2n) is 7.24. The summed E-state index contributed by atoms with van der Waals surface area (Å²) in [5.41, 5.74) is 0.128. The van der Waals surface area contributed by atoms with Gasteiger partial charge in [0, 0.05) is 32.9 Å². The number of nitrogens with zero attached hydrogens (tertiary/aromatic N) is 1. The number of hydrogen-bond donors (Lipinski definition) is 0. The van der Waals surface area contributed by atoms with E-state index in [9.17, 15) is 13.2 Å². The highest BCUT2D eigenvalue weighted by atomic mass is 19.4. The van der Waals surface area contributed by atoms with Crippen molar-refractivity contribution in [3.63, 3.8) is 0 Å². The number of halogens is 3. The van der Waals surface area contributed by atoms with E-state index in [0.717, 1.165) is 18.9 Å². The van der Waals surface area contributed by atoms with E-state index >= 15 is 0 Å². The molecule has 0 radical (unpaired) electrons. The highest BCUT2D eigenvalue weighted by Crippen LogP contribution is 2.38. The van der Waals surface area contributed by atoms with Gasteiger partial charge in [-0.2, -0.15) is 13.2 Å². The molecule has 0 spiro atoms. The molecule has 0 unspecified atom stereocenters. The molecule has 1 saturated heterocycles. The largest absolute Gasteiger partial charge is 0.418 e. The molecule has 1 saturated carbocycles. The molecule has 3 rings (SSSR count). The maximum Gasteiger partial charge on any atom is 0.418 e. The van der Waals surface area contributed by atoms with Crippen LogP contribution in [0.15, 0.2) is 18.2 Å². The van der Waals surface area contributed by atoms with Crippen LogP contribution in [-0.2, 0) is 20.4 Å². The first-order valence-corrected chi connectivity index (χ1v) is 12.5. The molecule has 1 aromatic carbocycles. The second-order valence-corrected chi connectivity index (χ2v) is 7.24. The number of piperidine rings is 1. The van der Waals surface area contributed by atoms with Crippen molar-refractivity contribution in [2.45, 2.75) is 91.7 Å². The molecular formula is C27H44F3NO3. The molecule has 0 amide bonds. The van der Waals surface area contributed by atoms with Gasteiger partial charge >= 0.3 is 6.18 Å². The van der Waals surface area contributed by atoms with Crippen molar-refractivity contribution in [2.75, 3.05) is 38.8 Å². The molecule has 1 aliphatic carbocycles. The zero-order valence-electron chi connectivity index (χ0n) is 22.2. The predicted octanol–water partition coefficient (Wildman–Crippen LogP) is 6.94. The molecule has 7 heteroatoms. The van der Waals surface area contributed by atoms with Gasteiger partial charge in [0.25, 0.3) is 0 Å².